The van der Waals surface area contributed by atoms with E-state index in [-0.39, 0.29) is 0 Å². The van der Waals surface area contributed by atoms with Crippen molar-refractivity contribution in [2.24, 2.45) is 0 Å². The number of anilines is 3. The second-order valence-corrected chi connectivity index (χ2v) is 4.09. The number of nitrogen functional groups attached to an aromatic ring is 1. The highest BCUT2D eigenvalue weighted by Crippen LogP contribution is 2.35. The van der Waals surface area contributed by atoms with E-state index in [4.69, 9.17) is 5.73 Å². The molecule has 0 saturated heterocycles. The van der Waals surface area contributed by atoms with Crippen LogP contribution in [0.15, 0.2) is 24.3 Å². The maximum atomic E-state index is 5.92. The maximum Gasteiger partial charge on any atom is 0.175 e. The van der Waals surface area contributed by atoms with E-state index in [1.165, 1.54) is 11.3 Å². The summed E-state index contributed by atoms with van der Waals surface area (Å²) in [4.78, 5) is 9.65. The Morgan fingerprint density at radius 1 is 1.38 bits per heavy atom. The van der Waals surface area contributed by atoms with Crippen molar-refractivity contribution in [3.05, 3.63) is 35.7 Å². The number of nitrogens with zero attached hydrogens (tertiary/aromatic N) is 2. The van der Waals surface area contributed by atoms with E-state index < -0.39 is 0 Å². The zero-order valence-corrected chi connectivity index (χ0v) is 9.20. The molecule has 2 aromatic rings. The summed E-state index contributed by atoms with van der Waals surface area (Å²) >= 11 is 0. The van der Waals surface area contributed by atoms with Crippen LogP contribution in [0.3, 0.4) is 0 Å². The zero-order valence-electron chi connectivity index (χ0n) is 9.20. The number of nitrogens with two attached hydrogens (primary N) is 1. The van der Waals surface area contributed by atoms with Crippen molar-refractivity contribution in [2.45, 2.75) is 13.3 Å². The number of benzene rings is 1. The van der Waals surface area contributed by atoms with Crippen LogP contribution in [0.25, 0.3) is 0 Å². The van der Waals surface area contributed by atoms with Gasteiger partial charge < -0.3 is 15.6 Å². The predicted molar refractivity (Wildman–Crippen MR) is 64.9 cm³/mol. The summed E-state index contributed by atoms with van der Waals surface area (Å²) < 4.78 is 0. The molecular weight excluding hydrogens is 200 g/mol. The van der Waals surface area contributed by atoms with Crippen LogP contribution in [0.5, 0.6) is 0 Å². The number of aryl methyl sites for hydroxylation is 1. The number of H-pyrrole nitrogens is 1. The Hall–Kier alpha value is -1.97. The summed E-state index contributed by atoms with van der Waals surface area (Å²) in [6.07, 6.45) is 1.06. The number of aromatic amines is 1. The molecule has 2 heterocycles. The Morgan fingerprint density at radius 3 is 2.94 bits per heavy atom. The highest BCUT2D eigenvalue weighted by molar-refractivity contribution is 5.73. The molecule has 3 rings (SSSR count). The number of fused-ring (bicyclic) bond motifs is 1. The van der Waals surface area contributed by atoms with E-state index in [1.807, 2.05) is 13.0 Å². The van der Waals surface area contributed by atoms with E-state index in [0.29, 0.717) is 5.82 Å². The van der Waals surface area contributed by atoms with Crippen molar-refractivity contribution in [3.8, 4) is 0 Å². The van der Waals surface area contributed by atoms with Crippen LogP contribution >= 0.6 is 0 Å². The first-order valence-electron chi connectivity index (χ1n) is 5.43. The van der Waals surface area contributed by atoms with Gasteiger partial charge in [-0.1, -0.05) is 18.2 Å². The highest BCUT2D eigenvalue weighted by Gasteiger charge is 2.23. The van der Waals surface area contributed by atoms with Crippen LogP contribution in [0.2, 0.25) is 0 Å². The molecule has 1 aliphatic heterocycles. The van der Waals surface area contributed by atoms with Crippen LogP contribution in [0, 0.1) is 6.92 Å². The first-order chi connectivity index (χ1) is 7.75. The molecule has 1 aromatic heterocycles. The molecule has 4 heteroatoms. The van der Waals surface area contributed by atoms with Crippen molar-refractivity contribution in [2.75, 3.05) is 17.2 Å². The van der Waals surface area contributed by atoms with Crippen molar-refractivity contribution < 1.29 is 0 Å². The zero-order chi connectivity index (χ0) is 11.1. The minimum Gasteiger partial charge on any atom is -0.382 e. The standard InChI is InChI=1S/C12H14N4/c1-8-14-11(13)12(15-8)16-7-6-9-4-2-3-5-10(9)16/h2-5H,6-7,13H2,1H3,(H,14,15). The van der Waals surface area contributed by atoms with Gasteiger partial charge in [-0.2, -0.15) is 0 Å². The van der Waals surface area contributed by atoms with Crippen LogP contribution in [-0.2, 0) is 6.42 Å². The number of nitrogens with one attached hydrogen (secondary N) is 1. The van der Waals surface area contributed by atoms with Gasteiger partial charge in [0.05, 0.1) is 0 Å². The fourth-order valence-electron chi connectivity index (χ4n) is 2.26. The minimum absolute atomic E-state index is 0.647. The van der Waals surface area contributed by atoms with E-state index in [9.17, 15) is 0 Å². The molecule has 0 fully saturated rings. The molecule has 1 aliphatic rings. The molecule has 0 atom stereocenters. The lowest BCUT2D eigenvalue weighted by Crippen LogP contribution is -2.15. The molecule has 3 N–H and O–H groups in total. The van der Waals surface area contributed by atoms with Gasteiger partial charge in [-0.05, 0) is 25.0 Å². The molecule has 0 aliphatic carbocycles. The van der Waals surface area contributed by atoms with E-state index >= 15 is 0 Å². The van der Waals surface area contributed by atoms with Crippen molar-refractivity contribution in [1.82, 2.24) is 9.97 Å². The van der Waals surface area contributed by atoms with E-state index in [0.717, 1.165) is 24.6 Å². The SMILES string of the molecule is Cc1nc(N2CCc3ccccc32)c(N)[nH]1. The first-order valence-corrected chi connectivity index (χ1v) is 5.43. The number of hydrogen-bond acceptors (Lipinski definition) is 3. The molecule has 0 saturated carbocycles. The largest absolute Gasteiger partial charge is 0.382 e. The normalized spacial score (nSPS) is 14.2. The average molecular weight is 214 g/mol. The molecule has 0 unspecified atom stereocenters. The van der Waals surface area contributed by atoms with E-state index in [2.05, 4.69) is 33.1 Å². The van der Waals surface area contributed by atoms with Gasteiger partial charge in [0.1, 0.15) is 11.6 Å². The minimum atomic E-state index is 0.647. The lowest BCUT2D eigenvalue weighted by molar-refractivity contribution is 0.978. The highest BCUT2D eigenvalue weighted by atomic mass is 15.2. The summed E-state index contributed by atoms with van der Waals surface area (Å²) in [5.74, 6) is 2.36. The molecule has 0 bridgehead atoms. The second-order valence-electron chi connectivity index (χ2n) is 4.09. The van der Waals surface area contributed by atoms with Gasteiger partial charge in [0.2, 0.25) is 0 Å². The predicted octanol–water partition coefficient (Wildman–Crippen LogP) is 1.99. The summed E-state index contributed by atoms with van der Waals surface area (Å²) in [6.45, 7) is 2.87. The quantitative estimate of drug-likeness (QED) is 0.763. The molecule has 0 amide bonds. The number of hydrogen-bond donors (Lipinski definition) is 2. The van der Waals surface area contributed by atoms with Crippen LogP contribution in [0.4, 0.5) is 17.3 Å². The summed E-state index contributed by atoms with van der Waals surface area (Å²) in [7, 11) is 0. The van der Waals surface area contributed by atoms with Gasteiger partial charge in [-0.25, -0.2) is 4.98 Å². The fraction of sp³-hybridized carbons (Fsp3) is 0.250. The first kappa shape index (κ1) is 9.27. The van der Waals surface area contributed by atoms with Crippen molar-refractivity contribution in [1.29, 1.82) is 0 Å². The van der Waals surface area contributed by atoms with E-state index in [1.54, 1.807) is 0 Å². The Balaban J connectivity index is 2.08. The summed E-state index contributed by atoms with van der Waals surface area (Å²) in [6, 6.07) is 8.39. The number of para-hydroxylation sites is 1. The molecule has 1 aromatic carbocycles. The average Bonchev–Trinajstić information content (AvgIpc) is 2.81. The Morgan fingerprint density at radius 2 is 2.19 bits per heavy atom. The van der Waals surface area contributed by atoms with Gasteiger partial charge in [-0.15, -0.1) is 0 Å². The van der Waals surface area contributed by atoms with Gasteiger partial charge in [0.25, 0.3) is 0 Å². The molecule has 82 valence electrons. The monoisotopic (exact) mass is 214 g/mol. The van der Waals surface area contributed by atoms with Gasteiger partial charge >= 0.3 is 0 Å². The topological polar surface area (TPSA) is 57.9 Å². The fourth-order valence-corrected chi connectivity index (χ4v) is 2.26. The summed E-state index contributed by atoms with van der Waals surface area (Å²) in [5, 5.41) is 0. The molecule has 0 radical (unpaired) electrons. The molecule has 4 nitrogen and oxygen atoms in total. The smallest absolute Gasteiger partial charge is 0.175 e. The Bertz CT molecular complexity index is 530. The number of rotatable bonds is 1. The molecule has 0 spiro atoms. The third kappa shape index (κ3) is 1.26. The summed E-state index contributed by atoms with van der Waals surface area (Å²) in [5.41, 5.74) is 8.50. The number of imidazole rings is 1. The third-order valence-electron chi connectivity index (χ3n) is 2.97. The lowest BCUT2D eigenvalue weighted by Gasteiger charge is -2.16. The van der Waals surface area contributed by atoms with Gasteiger partial charge in [-0.3, -0.25) is 0 Å². The number of aromatic nitrogens is 2. The van der Waals surface area contributed by atoms with Gasteiger partial charge in [0, 0.05) is 12.2 Å². The Kier molecular flexibility index (Phi) is 1.89. The maximum absolute atomic E-state index is 5.92. The lowest BCUT2D eigenvalue weighted by atomic mass is 10.2. The van der Waals surface area contributed by atoms with Gasteiger partial charge in [0.15, 0.2) is 5.82 Å². The second kappa shape index (κ2) is 3.27. The third-order valence-corrected chi connectivity index (χ3v) is 2.97. The Labute approximate surface area is 94.1 Å². The van der Waals surface area contributed by atoms with Crippen molar-refractivity contribution in [3.63, 3.8) is 0 Å². The van der Waals surface area contributed by atoms with Crippen LogP contribution < -0.4 is 10.6 Å². The van der Waals surface area contributed by atoms with Crippen molar-refractivity contribution >= 4 is 17.3 Å². The van der Waals surface area contributed by atoms with Crippen LogP contribution in [0.1, 0.15) is 11.4 Å². The molecular formula is C12H14N4. The van der Waals surface area contributed by atoms with Crippen LogP contribution in [-0.4, -0.2) is 16.5 Å². The molecule has 16 heavy (non-hydrogen) atoms.